The number of hydrogen-bond acceptors (Lipinski definition) is 6. The average Bonchev–Trinajstić information content (AvgIpc) is 3.10. The zero-order valence-corrected chi connectivity index (χ0v) is 14.1. The van der Waals surface area contributed by atoms with Crippen LogP contribution in [0.4, 0.5) is 5.82 Å². The van der Waals surface area contributed by atoms with E-state index in [4.69, 9.17) is 0 Å². The minimum Gasteiger partial charge on any atom is -0.350 e. The standard InChI is InChI=1S/C18H19N7/c1-14-11-23(12-16-5-3-2-4-15(16)10-19)8-9-24(14)18-7-6-17-21-20-13-25(17)22-18/h2-7,13-14H,8-9,11-12H2,1H3/t14-/m1/s1. The molecule has 0 spiro atoms. The number of aromatic nitrogens is 4. The van der Waals surface area contributed by atoms with Gasteiger partial charge in [-0.05, 0) is 30.7 Å². The monoisotopic (exact) mass is 333 g/mol. The highest BCUT2D eigenvalue weighted by Gasteiger charge is 2.25. The molecule has 1 saturated heterocycles. The zero-order valence-electron chi connectivity index (χ0n) is 14.1. The van der Waals surface area contributed by atoms with Gasteiger partial charge in [0.15, 0.2) is 5.65 Å². The summed E-state index contributed by atoms with van der Waals surface area (Å²) in [5.41, 5.74) is 2.61. The van der Waals surface area contributed by atoms with E-state index in [2.05, 4.69) is 38.1 Å². The molecule has 7 heteroatoms. The fraction of sp³-hybridized carbons (Fsp3) is 0.333. The molecule has 0 amide bonds. The predicted octanol–water partition coefficient (Wildman–Crippen LogP) is 1.71. The highest BCUT2D eigenvalue weighted by atomic mass is 15.4. The first-order valence-corrected chi connectivity index (χ1v) is 8.38. The number of fused-ring (bicyclic) bond motifs is 1. The van der Waals surface area contributed by atoms with Crippen molar-refractivity contribution in [2.75, 3.05) is 24.5 Å². The van der Waals surface area contributed by atoms with E-state index in [-0.39, 0.29) is 0 Å². The van der Waals surface area contributed by atoms with E-state index in [1.807, 2.05) is 36.4 Å². The number of rotatable bonds is 3. The Kier molecular flexibility index (Phi) is 4.04. The van der Waals surface area contributed by atoms with Gasteiger partial charge in [0.1, 0.15) is 12.1 Å². The number of nitrogens with zero attached hydrogens (tertiary/aromatic N) is 7. The van der Waals surface area contributed by atoms with Crippen LogP contribution in [-0.2, 0) is 6.54 Å². The van der Waals surface area contributed by atoms with Crippen LogP contribution in [0.2, 0.25) is 0 Å². The molecule has 2 aromatic heterocycles. The Morgan fingerprint density at radius 3 is 2.92 bits per heavy atom. The Balaban J connectivity index is 1.47. The van der Waals surface area contributed by atoms with Gasteiger partial charge in [-0.1, -0.05) is 18.2 Å². The van der Waals surface area contributed by atoms with Gasteiger partial charge in [-0.3, -0.25) is 4.90 Å². The largest absolute Gasteiger partial charge is 0.350 e. The molecule has 0 saturated carbocycles. The topological polar surface area (TPSA) is 73.4 Å². The van der Waals surface area contributed by atoms with Crippen molar-refractivity contribution in [2.24, 2.45) is 0 Å². The molecular formula is C18H19N7. The third kappa shape index (κ3) is 3.04. The Bertz CT molecular complexity index is 926. The van der Waals surface area contributed by atoms with E-state index < -0.39 is 0 Å². The summed E-state index contributed by atoms with van der Waals surface area (Å²) in [5.74, 6) is 0.942. The smallest absolute Gasteiger partial charge is 0.177 e. The number of benzene rings is 1. The normalized spacial score (nSPS) is 18.4. The van der Waals surface area contributed by atoms with Crippen molar-refractivity contribution < 1.29 is 0 Å². The summed E-state index contributed by atoms with van der Waals surface area (Å²) in [5, 5.41) is 21.7. The van der Waals surface area contributed by atoms with Crippen molar-refractivity contribution >= 4 is 11.5 Å². The maximum absolute atomic E-state index is 9.26. The van der Waals surface area contributed by atoms with Crippen LogP contribution in [0.3, 0.4) is 0 Å². The molecule has 25 heavy (non-hydrogen) atoms. The van der Waals surface area contributed by atoms with Crippen LogP contribution in [0.25, 0.3) is 5.65 Å². The molecule has 1 aromatic carbocycles. The van der Waals surface area contributed by atoms with Gasteiger partial charge < -0.3 is 4.90 Å². The Morgan fingerprint density at radius 2 is 2.08 bits per heavy atom. The van der Waals surface area contributed by atoms with Gasteiger partial charge in [-0.15, -0.1) is 15.3 Å². The average molecular weight is 333 g/mol. The predicted molar refractivity (Wildman–Crippen MR) is 94.0 cm³/mol. The van der Waals surface area contributed by atoms with Crippen molar-refractivity contribution in [1.82, 2.24) is 24.7 Å². The molecule has 1 atom stereocenters. The fourth-order valence-corrected chi connectivity index (χ4v) is 3.40. The van der Waals surface area contributed by atoms with Gasteiger partial charge in [0.25, 0.3) is 0 Å². The van der Waals surface area contributed by atoms with E-state index >= 15 is 0 Å². The maximum Gasteiger partial charge on any atom is 0.177 e. The molecule has 0 bridgehead atoms. The highest BCUT2D eigenvalue weighted by Crippen LogP contribution is 2.20. The second-order valence-electron chi connectivity index (χ2n) is 6.37. The molecule has 3 aromatic rings. The summed E-state index contributed by atoms with van der Waals surface area (Å²) in [6.45, 7) is 5.78. The minimum atomic E-state index is 0.337. The summed E-state index contributed by atoms with van der Waals surface area (Å²) >= 11 is 0. The number of anilines is 1. The van der Waals surface area contributed by atoms with Gasteiger partial charge >= 0.3 is 0 Å². The molecule has 126 valence electrons. The van der Waals surface area contributed by atoms with Crippen LogP contribution in [-0.4, -0.2) is 50.4 Å². The molecule has 0 aliphatic carbocycles. The third-order valence-electron chi connectivity index (χ3n) is 4.69. The quantitative estimate of drug-likeness (QED) is 0.726. The van der Waals surface area contributed by atoms with E-state index in [9.17, 15) is 5.26 Å². The maximum atomic E-state index is 9.26. The molecule has 0 radical (unpaired) electrons. The molecular weight excluding hydrogens is 314 g/mol. The first-order valence-electron chi connectivity index (χ1n) is 8.38. The number of piperazine rings is 1. The SMILES string of the molecule is C[C@@H]1CN(Cc2ccccc2C#N)CCN1c1ccc2nncn2n1. The molecule has 0 N–H and O–H groups in total. The summed E-state index contributed by atoms with van der Waals surface area (Å²) in [7, 11) is 0. The molecule has 7 nitrogen and oxygen atoms in total. The fourth-order valence-electron chi connectivity index (χ4n) is 3.40. The van der Waals surface area contributed by atoms with Crippen molar-refractivity contribution in [3.8, 4) is 6.07 Å². The second kappa shape index (κ2) is 6.49. The lowest BCUT2D eigenvalue weighted by Crippen LogP contribution is -2.52. The van der Waals surface area contributed by atoms with Crippen LogP contribution < -0.4 is 4.90 Å². The van der Waals surface area contributed by atoms with E-state index in [1.165, 1.54) is 0 Å². The van der Waals surface area contributed by atoms with E-state index in [1.54, 1.807) is 10.8 Å². The zero-order chi connectivity index (χ0) is 17.2. The molecule has 1 aliphatic heterocycles. The van der Waals surface area contributed by atoms with Crippen molar-refractivity contribution in [3.63, 3.8) is 0 Å². The second-order valence-corrected chi connectivity index (χ2v) is 6.37. The lowest BCUT2D eigenvalue weighted by atomic mass is 10.1. The highest BCUT2D eigenvalue weighted by molar-refractivity contribution is 5.46. The van der Waals surface area contributed by atoms with Crippen LogP contribution in [0, 0.1) is 11.3 Å². The summed E-state index contributed by atoms with van der Waals surface area (Å²) in [4.78, 5) is 4.71. The summed E-state index contributed by atoms with van der Waals surface area (Å²) < 4.78 is 1.71. The van der Waals surface area contributed by atoms with Crippen LogP contribution in [0.1, 0.15) is 18.1 Å². The molecule has 0 unspecified atom stereocenters. The molecule has 1 aliphatic rings. The van der Waals surface area contributed by atoms with E-state index in [0.29, 0.717) is 6.04 Å². The Labute approximate surface area is 146 Å². The third-order valence-corrected chi connectivity index (χ3v) is 4.69. The Hall–Kier alpha value is -2.98. The van der Waals surface area contributed by atoms with Crippen LogP contribution in [0.15, 0.2) is 42.7 Å². The Morgan fingerprint density at radius 1 is 1.20 bits per heavy atom. The molecule has 1 fully saturated rings. The lowest BCUT2D eigenvalue weighted by molar-refractivity contribution is 0.220. The van der Waals surface area contributed by atoms with Gasteiger partial charge in [-0.25, -0.2) is 0 Å². The summed E-state index contributed by atoms with van der Waals surface area (Å²) in [6, 6.07) is 14.4. The first-order chi connectivity index (χ1) is 12.2. The molecule has 3 heterocycles. The van der Waals surface area contributed by atoms with Gasteiger partial charge in [0.2, 0.25) is 0 Å². The number of hydrogen-bond donors (Lipinski definition) is 0. The van der Waals surface area contributed by atoms with Crippen LogP contribution >= 0.6 is 0 Å². The van der Waals surface area contributed by atoms with Gasteiger partial charge in [-0.2, -0.15) is 9.78 Å². The number of nitriles is 1. The summed E-state index contributed by atoms with van der Waals surface area (Å²) in [6.07, 6.45) is 1.62. The van der Waals surface area contributed by atoms with E-state index in [0.717, 1.165) is 48.8 Å². The van der Waals surface area contributed by atoms with Gasteiger partial charge in [0, 0.05) is 32.2 Å². The minimum absolute atomic E-state index is 0.337. The van der Waals surface area contributed by atoms with Crippen LogP contribution in [0.5, 0.6) is 0 Å². The van der Waals surface area contributed by atoms with Crippen molar-refractivity contribution in [2.45, 2.75) is 19.5 Å². The van der Waals surface area contributed by atoms with Gasteiger partial charge in [0.05, 0.1) is 11.6 Å². The van der Waals surface area contributed by atoms with Crippen molar-refractivity contribution in [1.29, 1.82) is 5.26 Å². The van der Waals surface area contributed by atoms with Crippen molar-refractivity contribution in [3.05, 3.63) is 53.9 Å². The lowest BCUT2D eigenvalue weighted by Gasteiger charge is -2.40. The molecule has 4 rings (SSSR count). The first kappa shape index (κ1) is 15.5.